The standard InChI is InChI=1S/C25H26N4O6S2/c1-16-7-5-8-20(17(16)2)34-11-6-12-35-21-10-9-18(14-22(21)33-3)13-19(15-26)23(30)27-24-28-25(29-36-24)37(4,31)32/h5,7-10,13-14H,6,11-12H2,1-4H3,(H,27,28,29,30). The predicted molar refractivity (Wildman–Crippen MR) is 140 cm³/mol. The van der Waals surface area contributed by atoms with Gasteiger partial charge in [-0.05, 0) is 54.8 Å². The summed E-state index contributed by atoms with van der Waals surface area (Å²) < 4.78 is 43.8. The SMILES string of the molecule is COc1cc(C=C(C#N)C(=O)Nc2nc(S(C)(=O)=O)ns2)ccc1OCCCOc1cccc(C)c1C. The number of benzene rings is 2. The Morgan fingerprint density at radius 1 is 1.14 bits per heavy atom. The van der Waals surface area contributed by atoms with Gasteiger partial charge in [-0.1, -0.05) is 18.2 Å². The first-order valence-electron chi connectivity index (χ1n) is 11.1. The maximum atomic E-state index is 12.5. The molecule has 3 rings (SSSR count). The van der Waals surface area contributed by atoms with Crippen LogP contribution in [0.4, 0.5) is 5.13 Å². The van der Waals surface area contributed by atoms with Crippen molar-refractivity contribution in [3.63, 3.8) is 0 Å². The number of sulfone groups is 1. The van der Waals surface area contributed by atoms with Crippen molar-refractivity contribution in [1.82, 2.24) is 9.36 Å². The van der Waals surface area contributed by atoms with E-state index in [1.54, 1.807) is 18.2 Å². The van der Waals surface area contributed by atoms with E-state index in [2.05, 4.69) is 14.7 Å². The van der Waals surface area contributed by atoms with Crippen LogP contribution in [0.3, 0.4) is 0 Å². The van der Waals surface area contributed by atoms with Gasteiger partial charge in [-0.15, -0.1) is 0 Å². The van der Waals surface area contributed by atoms with Crippen LogP contribution in [0.2, 0.25) is 0 Å². The second kappa shape index (κ2) is 12.3. The summed E-state index contributed by atoms with van der Waals surface area (Å²) in [5.74, 6) is 1.05. The minimum Gasteiger partial charge on any atom is -0.493 e. The molecule has 194 valence electrons. The molecule has 1 aromatic heterocycles. The summed E-state index contributed by atoms with van der Waals surface area (Å²) in [4.78, 5) is 16.2. The number of hydrogen-bond donors (Lipinski definition) is 1. The molecule has 0 unspecified atom stereocenters. The molecule has 0 saturated carbocycles. The van der Waals surface area contributed by atoms with Gasteiger partial charge in [0.25, 0.3) is 11.1 Å². The van der Waals surface area contributed by atoms with E-state index in [9.17, 15) is 18.5 Å². The highest BCUT2D eigenvalue weighted by molar-refractivity contribution is 7.90. The number of nitrogens with one attached hydrogen (secondary N) is 1. The number of aryl methyl sites for hydroxylation is 1. The molecular formula is C25H26N4O6S2. The number of amides is 1. The minimum absolute atomic E-state index is 0.0329. The monoisotopic (exact) mass is 542 g/mol. The van der Waals surface area contributed by atoms with Gasteiger partial charge in [0.1, 0.15) is 17.4 Å². The normalized spacial score (nSPS) is 11.5. The number of methoxy groups -OCH3 is 1. The van der Waals surface area contributed by atoms with Crippen molar-refractivity contribution in [1.29, 1.82) is 5.26 Å². The van der Waals surface area contributed by atoms with E-state index in [1.807, 2.05) is 38.1 Å². The smallest absolute Gasteiger partial charge is 0.268 e. The van der Waals surface area contributed by atoms with Gasteiger partial charge in [0.2, 0.25) is 15.0 Å². The molecule has 0 aliphatic heterocycles. The summed E-state index contributed by atoms with van der Waals surface area (Å²) >= 11 is 0.704. The van der Waals surface area contributed by atoms with Crippen molar-refractivity contribution in [3.8, 4) is 23.3 Å². The van der Waals surface area contributed by atoms with Crippen molar-refractivity contribution in [2.45, 2.75) is 25.4 Å². The molecular weight excluding hydrogens is 516 g/mol. The lowest BCUT2D eigenvalue weighted by molar-refractivity contribution is -0.112. The van der Waals surface area contributed by atoms with E-state index >= 15 is 0 Å². The second-order valence-corrected chi connectivity index (χ2v) is 10.6. The lowest BCUT2D eigenvalue weighted by Gasteiger charge is -2.13. The molecule has 10 nitrogen and oxygen atoms in total. The van der Waals surface area contributed by atoms with Crippen molar-refractivity contribution < 1.29 is 27.4 Å². The summed E-state index contributed by atoms with van der Waals surface area (Å²) in [6, 6.07) is 12.8. The lowest BCUT2D eigenvalue weighted by Crippen LogP contribution is -2.13. The third-order valence-electron chi connectivity index (χ3n) is 5.18. The Bertz CT molecular complexity index is 1460. The van der Waals surface area contributed by atoms with E-state index < -0.39 is 20.9 Å². The van der Waals surface area contributed by atoms with Gasteiger partial charge in [-0.3, -0.25) is 10.1 Å². The van der Waals surface area contributed by atoms with Crippen molar-refractivity contribution in [2.24, 2.45) is 0 Å². The average Bonchev–Trinajstić information content (AvgIpc) is 3.34. The van der Waals surface area contributed by atoms with Crippen LogP contribution in [0.1, 0.15) is 23.1 Å². The molecule has 2 aromatic carbocycles. The topological polar surface area (TPSA) is 140 Å². The maximum absolute atomic E-state index is 12.5. The summed E-state index contributed by atoms with van der Waals surface area (Å²) in [6.45, 7) is 4.96. The van der Waals surface area contributed by atoms with Crippen molar-refractivity contribution >= 4 is 38.5 Å². The minimum atomic E-state index is -3.61. The number of ether oxygens (including phenoxy) is 3. The zero-order valence-corrected chi connectivity index (χ0v) is 22.4. The Morgan fingerprint density at radius 2 is 1.86 bits per heavy atom. The number of carbonyl (C=O) groups excluding carboxylic acids is 1. The number of nitrogens with zero attached hydrogens (tertiary/aromatic N) is 3. The molecule has 0 aliphatic rings. The summed E-state index contributed by atoms with van der Waals surface area (Å²) in [5, 5.41) is 11.4. The van der Waals surface area contributed by atoms with E-state index in [4.69, 9.17) is 14.2 Å². The molecule has 0 atom stereocenters. The highest BCUT2D eigenvalue weighted by Crippen LogP contribution is 2.29. The van der Waals surface area contributed by atoms with Crippen LogP contribution in [0.25, 0.3) is 6.08 Å². The average molecular weight is 543 g/mol. The Hall–Kier alpha value is -3.95. The fourth-order valence-corrected chi connectivity index (χ4v) is 4.53. The van der Waals surface area contributed by atoms with Crippen LogP contribution in [-0.4, -0.2) is 50.3 Å². The van der Waals surface area contributed by atoms with Gasteiger partial charge < -0.3 is 14.2 Å². The maximum Gasteiger partial charge on any atom is 0.268 e. The summed E-state index contributed by atoms with van der Waals surface area (Å²) in [6.07, 6.45) is 2.99. The number of aromatic nitrogens is 2. The van der Waals surface area contributed by atoms with Crippen LogP contribution in [0.15, 0.2) is 47.1 Å². The van der Waals surface area contributed by atoms with Crippen LogP contribution >= 0.6 is 11.5 Å². The molecule has 0 radical (unpaired) electrons. The number of carbonyl (C=O) groups is 1. The number of hydrogen-bond acceptors (Lipinski definition) is 10. The van der Waals surface area contributed by atoms with Gasteiger partial charge in [-0.25, -0.2) is 8.42 Å². The first-order valence-corrected chi connectivity index (χ1v) is 13.8. The Kier molecular flexibility index (Phi) is 9.21. The fraction of sp³-hybridized carbons (Fsp3) is 0.280. The molecule has 0 bridgehead atoms. The van der Waals surface area contributed by atoms with Gasteiger partial charge in [0.15, 0.2) is 11.5 Å². The summed E-state index contributed by atoms with van der Waals surface area (Å²) in [7, 11) is -2.11. The Morgan fingerprint density at radius 3 is 2.51 bits per heavy atom. The molecule has 12 heteroatoms. The molecule has 1 N–H and O–H groups in total. The first-order chi connectivity index (χ1) is 17.6. The quantitative estimate of drug-likeness (QED) is 0.216. The van der Waals surface area contributed by atoms with Crippen LogP contribution in [-0.2, 0) is 14.6 Å². The molecule has 1 heterocycles. The molecule has 0 fully saturated rings. The lowest BCUT2D eigenvalue weighted by atomic mass is 10.1. The van der Waals surface area contributed by atoms with Crippen LogP contribution in [0, 0.1) is 25.2 Å². The van der Waals surface area contributed by atoms with Crippen LogP contribution < -0.4 is 19.5 Å². The third kappa shape index (κ3) is 7.52. The fourth-order valence-electron chi connectivity index (χ4n) is 3.09. The van der Waals surface area contributed by atoms with Gasteiger partial charge >= 0.3 is 0 Å². The number of anilines is 1. The van der Waals surface area contributed by atoms with Gasteiger partial charge in [-0.2, -0.15) is 14.6 Å². The van der Waals surface area contributed by atoms with E-state index in [1.165, 1.54) is 18.7 Å². The first kappa shape index (κ1) is 27.6. The molecule has 1 amide bonds. The Labute approximate surface area is 219 Å². The number of nitriles is 1. The van der Waals surface area contributed by atoms with Crippen LogP contribution in [0.5, 0.6) is 17.2 Å². The molecule has 37 heavy (non-hydrogen) atoms. The predicted octanol–water partition coefficient (Wildman–Crippen LogP) is 3.96. The highest BCUT2D eigenvalue weighted by Gasteiger charge is 2.18. The third-order valence-corrected chi connectivity index (χ3v) is 6.77. The molecule has 0 saturated heterocycles. The molecule has 0 aliphatic carbocycles. The summed E-state index contributed by atoms with van der Waals surface area (Å²) in [5.41, 5.74) is 2.60. The van der Waals surface area contributed by atoms with Crippen molar-refractivity contribution in [3.05, 3.63) is 58.7 Å². The van der Waals surface area contributed by atoms with Crippen molar-refractivity contribution in [2.75, 3.05) is 31.9 Å². The van der Waals surface area contributed by atoms with E-state index in [0.29, 0.717) is 48.2 Å². The molecule has 0 spiro atoms. The zero-order valence-electron chi connectivity index (χ0n) is 20.8. The van der Waals surface area contributed by atoms with Gasteiger partial charge in [0.05, 0.1) is 20.3 Å². The van der Waals surface area contributed by atoms with E-state index in [0.717, 1.165) is 17.6 Å². The second-order valence-electron chi connectivity index (χ2n) is 7.94. The van der Waals surface area contributed by atoms with Gasteiger partial charge in [0, 0.05) is 24.2 Å². The molecule has 3 aromatic rings. The highest BCUT2D eigenvalue weighted by atomic mass is 32.2. The number of rotatable bonds is 11. The van der Waals surface area contributed by atoms with E-state index in [-0.39, 0.29) is 10.7 Å². The Balaban J connectivity index is 1.60. The largest absolute Gasteiger partial charge is 0.493 e. The zero-order chi connectivity index (χ0) is 27.0.